The van der Waals surface area contributed by atoms with E-state index < -0.39 is 104 Å². The molecule has 0 spiro atoms. The van der Waals surface area contributed by atoms with Crippen LogP contribution in [0, 0.1) is 6.92 Å². The summed E-state index contributed by atoms with van der Waals surface area (Å²) in [5.41, 5.74) is 6.53. The standard InChI is InChI=1S/C21H21N3O3S.C20H16F3N3O4S.C20H16F3N3O3S.C20H17N3O5S.C19H16N2O3S/c1-16-7-9-17(10-8-16)15-22-28(26,27)20-13-11-19(12-14-20)24-21(25)23-18-5-3-2-4-6-18;21-20(22,23)30-17-10-6-14(7-11-17)24-19(27)25-15-8-12-18(13-9-15)31(28,29)26-16-4-2-1-3-5-16;21-20(22,23)14-6-8-15(9-7-14)24-19(27)25-16-10-12-18(13-11-16)30(28,29)26-17-4-2-1-3-5-17;24-19(25)17-8-4-5-9-18(17)23-29(27,28)16-12-10-15(11-13-16)22-20(26)21-14-6-2-1-3-7-14;22-19(15-7-3-1-4-8-15)20-16-11-13-18(14-12-16)25(23,24)21-17-9-5-2-6-10-17/h2-14,22H,15H2,1H3,(H2,23,24,25);1-13,26H,(H2,24,25,27);1-13,26H,(H2,24,25,27);1-13,23H,(H,24,25)(H2,21,22,26);1-14,21H,(H,20,22). The van der Waals surface area contributed by atoms with Gasteiger partial charge < -0.3 is 57.7 Å². The first kappa shape index (κ1) is 106. The number of halogens is 6. The van der Waals surface area contributed by atoms with Crippen LogP contribution in [-0.2, 0) is 62.8 Å². The molecule has 0 heterocycles. The second-order valence-corrected chi connectivity index (χ2v) is 38.3. The van der Waals surface area contributed by atoms with Gasteiger partial charge in [0.2, 0.25) is 10.0 Å². The van der Waals surface area contributed by atoms with Crippen molar-refractivity contribution in [3.63, 3.8) is 0 Å². The van der Waals surface area contributed by atoms with Crippen LogP contribution in [0.15, 0.2) is 425 Å². The number of ether oxygens (including phenoxy) is 1. The smallest absolute Gasteiger partial charge is 0.478 e. The number of sulfonamides is 5. The fourth-order valence-corrected chi connectivity index (χ4v) is 17.4. The number of rotatable bonds is 28. The van der Waals surface area contributed by atoms with E-state index in [2.05, 4.69) is 76.2 Å². The molecule has 143 heavy (non-hydrogen) atoms. The number of para-hydroxylation sites is 6. The molecule has 0 aliphatic carbocycles. The molecule has 0 fully saturated rings. The molecule has 32 nitrogen and oxygen atoms in total. The molecule has 0 radical (unpaired) electrons. The molecule has 15 aromatic carbocycles. The number of benzene rings is 15. The normalized spacial score (nSPS) is 11.2. The van der Waals surface area contributed by atoms with E-state index in [-0.39, 0.29) is 59.6 Å². The molecule has 15 N–H and O–H groups in total. The van der Waals surface area contributed by atoms with Gasteiger partial charge in [0, 0.05) is 80.4 Å². The molecule has 0 aliphatic rings. The third-order valence-corrected chi connectivity index (χ3v) is 26.1. The summed E-state index contributed by atoms with van der Waals surface area (Å²) in [7, 11) is -18.9. The van der Waals surface area contributed by atoms with E-state index >= 15 is 0 Å². The summed E-state index contributed by atoms with van der Waals surface area (Å²) >= 11 is 0. The SMILES string of the molecule is Cc1ccc(CNS(=O)(=O)c2ccc(NC(=O)Nc3ccccc3)cc2)cc1.O=C(Nc1ccc(C(F)(F)F)cc1)Nc1ccc(S(=O)(=O)Nc2ccccc2)cc1.O=C(Nc1ccc(OC(F)(F)F)cc1)Nc1ccc(S(=O)(=O)Nc2ccccc2)cc1.O=C(Nc1ccc(S(=O)(=O)Nc2ccccc2)cc1)c1ccccc1.O=C(Nc1ccccc1)Nc1ccc(S(=O)(=O)Nc2ccccc2C(=O)O)cc1. The van der Waals surface area contributed by atoms with Crippen molar-refractivity contribution in [2.75, 3.05) is 66.7 Å². The average Bonchev–Trinajstić information content (AvgIpc) is 0.810. The molecule has 0 aliphatic heterocycles. The van der Waals surface area contributed by atoms with Crippen LogP contribution >= 0.6 is 0 Å². The summed E-state index contributed by atoms with van der Waals surface area (Å²) in [6.45, 7) is 2.19. The fourth-order valence-electron chi connectivity index (χ4n) is 12.2. The summed E-state index contributed by atoms with van der Waals surface area (Å²) < 4.78 is 214. The van der Waals surface area contributed by atoms with Gasteiger partial charge in [0.15, 0.2) is 0 Å². The highest BCUT2D eigenvalue weighted by Crippen LogP contribution is 2.32. The van der Waals surface area contributed by atoms with Crippen molar-refractivity contribution in [2.24, 2.45) is 0 Å². The molecule has 0 unspecified atom stereocenters. The number of urea groups is 4. The van der Waals surface area contributed by atoms with Crippen LogP contribution in [0.4, 0.5) is 119 Å². The number of hydrogen-bond donors (Lipinski definition) is 15. The van der Waals surface area contributed by atoms with Crippen molar-refractivity contribution >= 4 is 160 Å². The molecule has 0 saturated carbocycles. The number of aromatic carboxylic acids is 1. The molecule has 9 amide bonds. The minimum atomic E-state index is -4.80. The second-order valence-electron chi connectivity index (χ2n) is 29.8. The first-order valence-corrected chi connectivity index (χ1v) is 49.4. The lowest BCUT2D eigenvalue weighted by atomic mass is 10.2. The predicted octanol–water partition coefficient (Wildman–Crippen LogP) is 21.9. The van der Waals surface area contributed by atoms with Crippen molar-refractivity contribution in [1.82, 2.24) is 4.72 Å². The van der Waals surface area contributed by atoms with Gasteiger partial charge in [0.1, 0.15) is 5.75 Å². The van der Waals surface area contributed by atoms with E-state index in [9.17, 15) is 102 Å². The van der Waals surface area contributed by atoms with Crippen molar-refractivity contribution in [3.05, 3.63) is 428 Å². The van der Waals surface area contributed by atoms with Gasteiger partial charge in [-0.15, -0.1) is 13.2 Å². The first-order valence-electron chi connectivity index (χ1n) is 42.0. The number of hydrogen-bond acceptors (Lipinski definition) is 17. The molecule has 15 rings (SSSR count). The Hall–Kier alpha value is -17.4. The number of carbonyl (C=O) groups excluding carboxylic acids is 5. The molecule has 0 saturated heterocycles. The maximum atomic E-state index is 12.6. The first-order chi connectivity index (χ1) is 68.0. The van der Waals surface area contributed by atoms with Crippen LogP contribution in [0.5, 0.6) is 5.75 Å². The summed E-state index contributed by atoms with van der Waals surface area (Å²) in [6, 6.07) is 100. The van der Waals surface area contributed by atoms with Crippen molar-refractivity contribution in [2.45, 2.75) is 50.5 Å². The summed E-state index contributed by atoms with van der Waals surface area (Å²) in [5.74, 6) is -1.91. The van der Waals surface area contributed by atoms with E-state index in [1.165, 1.54) is 133 Å². The summed E-state index contributed by atoms with van der Waals surface area (Å²) in [4.78, 5) is 71.6. The number of nitrogens with one attached hydrogen (secondary N) is 14. The third-order valence-electron chi connectivity index (χ3n) is 19.1. The van der Waals surface area contributed by atoms with Gasteiger partial charge in [-0.05, 0) is 267 Å². The quantitative estimate of drug-likeness (QED) is 0.0203. The van der Waals surface area contributed by atoms with Gasteiger partial charge >= 0.3 is 42.6 Å². The van der Waals surface area contributed by atoms with E-state index in [1.807, 2.05) is 67.6 Å². The largest absolute Gasteiger partial charge is 0.573 e. The van der Waals surface area contributed by atoms with Gasteiger partial charge in [0.05, 0.1) is 41.3 Å². The Bertz CT molecular complexity index is 7450. The predicted molar refractivity (Wildman–Crippen MR) is 536 cm³/mol. The molecular formula is C100H86F6N14O18S5. The summed E-state index contributed by atoms with van der Waals surface area (Å²) in [5, 5.41) is 32.3. The lowest BCUT2D eigenvalue weighted by molar-refractivity contribution is -0.274. The van der Waals surface area contributed by atoms with Crippen LogP contribution in [-0.4, -0.2) is 89.6 Å². The lowest BCUT2D eigenvalue weighted by Crippen LogP contribution is -2.23. The van der Waals surface area contributed by atoms with E-state index in [0.717, 1.165) is 47.5 Å². The zero-order chi connectivity index (χ0) is 103. The molecular weight excluding hydrogens is 1960 g/mol. The van der Waals surface area contributed by atoms with E-state index in [1.54, 1.807) is 170 Å². The van der Waals surface area contributed by atoms with Crippen LogP contribution in [0.1, 0.15) is 37.4 Å². The zero-order valence-electron chi connectivity index (χ0n) is 74.5. The van der Waals surface area contributed by atoms with Gasteiger partial charge in [-0.3, -0.25) is 23.7 Å². The van der Waals surface area contributed by atoms with Crippen molar-refractivity contribution in [1.29, 1.82) is 0 Å². The molecule has 0 aromatic heterocycles. The van der Waals surface area contributed by atoms with Crippen LogP contribution in [0.2, 0.25) is 0 Å². The second kappa shape index (κ2) is 49.3. The molecule has 0 atom stereocenters. The highest BCUT2D eigenvalue weighted by atomic mass is 32.2. The monoisotopic (exact) mass is 2040 g/mol. The van der Waals surface area contributed by atoms with Gasteiger partial charge in [-0.2, -0.15) is 13.2 Å². The lowest BCUT2D eigenvalue weighted by Gasteiger charge is -2.11. The molecule has 43 heteroatoms. The number of carboxylic acid groups (broad SMARTS) is 1. The number of aryl methyl sites for hydroxylation is 1. The molecule has 736 valence electrons. The Kier molecular flexibility index (Phi) is 36.5. The topological polar surface area (TPSA) is 471 Å². The average molecular weight is 2050 g/mol. The van der Waals surface area contributed by atoms with Crippen molar-refractivity contribution < 1.29 is 107 Å². The third kappa shape index (κ3) is 34.6. The van der Waals surface area contributed by atoms with Gasteiger partial charge in [0.25, 0.3) is 46.0 Å². The van der Waals surface area contributed by atoms with Crippen LogP contribution in [0.25, 0.3) is 0 Å². The maximum Gasteiger partial charge on any atom is 0.573 e. The fraction of sp³-hybridized carbons (Fsp3) is 0.0400. The highest BCUT2D eigenvalue weighted by molar-refractivity contribution is 7.93. The van der Waals surface area contributed by atoms with E-state index in [0.29, 0.717) is 62.4 Å². The number of amides is 9. The maximum absolute atomic E-state index is 12.6. The number of alkyl halides is 6. The number of carboxylic acids is 1. The Morgan fingerprint density at radius 3 is 0.825 bits per heavy atom. The molecule has 15 aromatic rings. The van der Waals surface area contributed by atoms with E-state index in [4.69, 9.17) is 0 Å². The van der Waals surface area contributed by atoms with Gasteiger partial charge in [-0.25, -0.2) is 70.8 Å². The Morgan fingerprint density at radius 2 is 0.524 bits per heavy atom. The highest BCUT2D eigenvalue weighted by Gasteiger charge is 2.32. The molecule has 0 bridgehead atoms. The number of anilines is 13. The van der Waals surface area contributed by atoms with Crippen LogP contribution < -0.4 is 76.2 Å². The minimum absolute atomic E-state index is 0.0000469. The van der Waals surface area contributed by atoms with Crippen molar-refractivity contribution in [3.8, 4) is 5.75 Å². The Balaban J connectivity index is 0.000000171. The Morgan fingerprint density at radius 1 is 0.273 bits per heavy atom. The van der Waals surface area contributed by atoms with Crippen LogP contribution in [0.3, 0.4) is 0 Å². The minimum Gasteiger partial charge on any atom is -0.478 e. The summed E-state index contributed by atoms with van der Waals surface area (Å²) in [6.07, 6.45) is -9.26. The number of carbonyl (C=O) groups is 6. The zero-order valence-corrected chi connectivity index (χ0v) is 78.6. The van der Waals surface area contributed by atoms with Gasteiger partial charge in [-0.1, -0.05) is 151 Å². The Labute approximate surface area is 817 Å².